The molecule has 0 unspecified atom stereocenters. The molecule has 0 bridgehead atoms. The molecule has 53 heavy (non-hydrogen) atoms. The second kappa shape index (κ2) is 18.3. The van der Waals surface area contributed by atoms with Gasteiger partial charge in [-0.05, 0) is 81.5 Å². The van der Waals surface area contributed by atoms with Crippen LogP contribution in [0.15, 0.2) is 94.4 Å². The number of anilines is 1. The third kappa shape index (κ3) is 10.6. The van der Waals surface area contributed by atoms with Gasteiger partial charge >= 0.3 is 11.9 Å². The van der Waals surface area contributed by atoms with E-state index in [4.69, 9.17) is 10.2 Å². The highest BCUT2D eigenvalue weighted by Crippen LogP contribution is 2.48. The molecule has 2 N–H and O–H groups in total. The standard InChI is InChI=1S/C39H48N2O10S2/c1-38(2)30-26-28(52-51-50-46)20-22-32(30)40(24-14-8-12-18-36(42)43)34(38)16-10-6-5-7-11-17-35-39(3,4)31-27-29(53(47,48)49)21-23-33(31)41(35)25-15-9-13-19-37(44)45/h5-7,10-11,16-17,20-23,26-27H,8-9,12-15,18-19,24-25H2,1-4H3,(H3-,42,43,44,45,46,47,48,49)/p-1. The molecule has 0 atom stereocenters. The largest absolute Gasteiger partial charge is 0.744 e. The van der Waals surface area contributed by atoms with Crippen LogP contribution in [-0.2, 0) is 39.9 Å². The van der Waals surface area contributed by atoms with Crippen molar-refractivity contribution in [3.05, 3.63) is 95.8 Å². The van der Waals surface area contributed by atoms with E-state index in [0.717, 1.165) is 76.5 Å². The Labute approximate surface area is 315 Å². The Balaban J connectivity index is 1.55. The summed E-state index contributed by atoms with van der Waals surface area (Å²) in [7, 11) is -4.64. The maximum absolute atomic E-state index is 11.8. The van der Waals surface area contributed by atoms with E-state index in [1.54, 1.807) is 6.07 Å². The maximum Gasteiger partial charge on any atom is 0.303 e. The quantitative estimate of drug-likeness (QED) is 0.0273. The summed E-state index contributed by atoms with van der Waals surface area (Å²) in [5, 5.41) is 32.0. The molecular formula is C39H47N2O10S2-. The molecule has 4 rings (SSSR count). The summed E-state index contributed by atoms with van der Waals surface area (Å²) in [4.78, 5) is 24.5. The highest BCUT2D eigenvalue weighted by atomic mass is 32.2. The minimum absolute atomic E-state index is 0.101. The molecule has 0 saturated heterocycles. The van der Waals surface area contributed by atoms with Gasteiger partial charge in [0.05, 0.1) is 22.4 Å². The second-order valence-corrected chi connectivity index (χ2v) is 16.2. The van der Waals surface area contributed by atoms with Gasteiger partial charge in [0.2, 0.25) is 5.69 Å². The maximum atomic E-state index is 11.8. The lowest BCUT2D eigenvalue weighted by atomic mass is 9.81. The van der Waals surface area contributed by atoms with Gasteiger partial charge in [0.25, 0.3) is 0 Å². The van der Waals surface area contributed by atoms with Gasteiger partial charge in [-0.3, -0.25) is 14.6 Å². The summed E-state index contributed by atoms with van der Waals surface area (Å²) in [5.41, 5.74) is 4.64. The van der Waals surface area contributed by atoms with E-state index >= 15 is 0 Å². The number of carboxylic acids is 2. The monoisotopic (exact) mass is 767 g/mol. The van der Waals surface area contributed by atoms with Crippen molar-refractivity contribution in [2.75, 3.05) is 18.0 Å². The Morgan fingerprint density at radius 2 is 1.51 bits per heavy atom. The third-order valence-electron chi connectivity index (χ3n) is 9.67. The fourth-order valence-corrected chi connectivity index (χ4v) is 7.88. The van der Waals surface area contributed by atoms with Gasteiger partial charge < -0.3 is 24.9 Å². The number of allylic oxidation sites excluding steroid dienone is 8. The van der Waals surface area contributed by atoms with E-state index < -0.39 is 27.5 Å². The molecule has 14 heteroatoms. The van der Waals surface area contributed by atoms with Crippen molar-refractivity contribution in [3.63, 3.8) is 0 Å². The van der Waals surface area contributed by atoms with Crippen LogP contribution in [0.1, 0.15) is 90.2 Å². The lowest BCUT2D eigenvalue weighted by molar-refractivity contribution is -0.777. The molecule has 2 aliphatic heterocycles. The minimum atomic E-state index is -4.64. The van der Waals surface area contributed by atoms with Gasteiger partial charge in [-0.15, -0.1) is 0 Å². The Hall–Kier alpha value is -4.05. The lowest BCUT2D eigenvalue weighted by Crippen LogP contribution is -2.28. The number of hydrogen-bond donors (Lipinski definition) is 2. The number of carbonyl (C=O) groups is 2. The van der Waals surface area contributed by atoms with E-state index in [2.05, 4.69) is 38.8 Å². The fourth-order valence-electron chi connectivity index (χ4n) is 6.98. The molecule has 286 valence electrons. The first-order chi connectivity index (χ1) is 25.1. The highest BCUT2D eigenvalue weighted by Gasteiger charge is 2.44. The van der Waals surface area contributed by atoms with Crippen LogP contribution in [-0.4, -0.2) is 58.5 Å². The zero-order chi connectivity index (χ0) is 38.8. The van der Waals surface area contributed by atoms with Gasteiger partial charge in [0.1, 0.15) is 16.7 Å². The van der Waals surface area contributed by atoms with Crippen LogP contribution in [0.2, 0.25) is 0 Å². The van der Waals surface area contributed by atoms with E-state index in [-0.39, 0.29) is 23.2 Å². The van der Waals surface area contributed by atoms with E-state index in [9.17, 15) is 27.8 Å². The van der Waals surface area contributed by atoms with Crippen molar-refractivity contribution in [3.8, 4) is 0 Å². The van der Waals surface area contributed by atoms with Crippen molar-refractivity contribution < 1.29 is 52.0 Å². The van der Waals surface area contributed by atoms with Gasteiger partial charge in [-0.2, -0.15) is 8.91 Å². The molecular weight excluding hydrogens is 721 g/mol. The van der Waals surface area contributed by atoms with Gasteiger partial charge in [0, 0.05) is 65.2 Å². The lowest BCUT2D eigenvalue weighted by Gasteiger charge is -2.27. The second-order valence-electron chi connectivity index (χ2n) is 14.1. The van der Waals surface area contributed by atoms with Crippen molar-refractivity contribution in [1.29, 1.82) is 0 Å². The first kappa shape index (κ1) is 41.7. The topological polar surface area (TPSA) is 180 Å². The zero-order valence-corrected chi connectivity index (χ0v) is 32.1. The first-order valence-electron chi connectivity index (χ1n) is 17.6. The van der Waals surface area contributed by atoms with E-state index in [1.807, 2.05) is 68.5 Å². The summed E-state index contributed by atoms with van der Waals surface area (Å²) < 4.78 is 42.3. The number of benzene rings is 2. The van der Waals surface area contributed by atoms with E-state index in [1.165, 1.54) is 12.1 Å². The molecule has 0 saturated carbocycles. The molecule has 2 heterocycles. The summed E-state index contributed by atoms with van der Waals surface area (Å²) in [6.07, 6.45) is 18.1. The molecule has 12 nitrogen and oxygen atoms in total. The van der Waals surface area contributed by atoms with Crippen LogP contribution in [0.3, 0.4) is 0 Å². The summed E-state index contributed by atoms with van der Waals surface area (Å²) in [5.74, 6) is -1.63. The summed E-state index contributed by atoms with van der Waals surface area (Å²) in [6, 6.07) is 10.3. The molecule has 0 amide bonds. The number of aliphatic carboxylic acids is 2. The smallest absolute Gasteiger partial charge is 0.303 e. The average molecular weight is 768 g/mol. The molecule has 0 radical (unpaired) electrons. The van der Waals surface area contributed by atoms with Gasteiger partial charge in [-0.25, -0.2) is 8.42 Å². The normalized spacial score (nSPS) is 17.2. The number of carboxylic acid groups (broad SMARTS) is 2. The Kier molecular flexibility index (Phi) is 14.4. The SMILES string of the molecule is CC1(C)C(/C=C/C=C/C=C/C=C2/N(CCCCCC(=O)O)c3ccc(S(=O)(=O)[O-])cc3C2(C)C)=[N+](CCCCCC(=O)O)c2ccc(SOO[O-])cc21. The molecule has 0 aromatic heterocycles. The van der Waals surface area contributed by atoms with Crippen LogP contribution in [0.4, 0.5) is 11.4 Å². The predicted octanol–water partition coefficient (Wildman–Crippen LogP) is 6.84. The van der Waals surface area contributed by atoms with Crippen molar-refractivity contribution >= 4 is 51.2 Å². The fraction of sp³-hybridized carbons (Fsp3) is 0.410. The predicted molar refractivity (Wildman–Crippen MR) is 200 cm³/mol. The average Bonchev–Trinajstić information content (AvgIpc) is 3.43. The van der Waals surface area contributed by atoms with Crippen molar-refractivity contribution in [2.24, 2.45) is 0 Å². The molecule has 0 fully saturated rings. The number of hydrogen-bond acceptors (Lipinski definition) is 10. The van der Waals surface area contributed by atoms with Crippen LogP contribution in [0.5, 0.6) is 0 Å². The minimum Gasteiger partial charge on any atom is -0.744 e. The number of nitrogens with zero attached hydrogens (tertiary/aromatic N) is 2. The first-order valence-corrected chi connectivity index (χ1v) is 19.7. The van der Waals surface area contributed by atoms with Crippen LogP contribution >= 0.6 is 12.0 Å². The van der Waals surface area contributed by atoms with Crippen LogP contribution in [0.25, 0.3) is 0 Å². The van der Waals surface area contributed by atoms with E-state index in [0.29, 0.717) is 25.9 Å². The molecule has 2 aliphatic rings. The Morgan fingerprint density at radius 3 is 2.17 bits per heavy atom. The zero-order valence-electron chi connectivity index (χ0n) is 30.4. The highest BCUT2D eigenvalue weighted by molar-refractivity contribution is 7.94. The van der Waals surface area contributed by atoms with Crippen LogP contribution < -0.4 is 10.2 Å². The van der Waals surface area contributed by atoms with Crippen molar-refractivity contribution in [1.82, 2.24) is 0 Å². The Bertz CT molecular complexity index is 1930. The number of rotatable bonds is 20. The third-order valence-corrected chi connectivity index (χ3v) is 11.1. The summed E-state index contributed by atoms with van der Waals surface area (Å²) >= 11 is 0.841. The number of fused-ring (bicyclic) bond motifs is 2. The Morgan fingerprint density at radius 1 is 0.849 bits per heavy atom. The summed E-state index contributed by atoms with van der Waals surface area (Å²) in [6.45, 7) is 9.52. The van der Waals surface area contributed by atoms with Crippen molar-refractivity contribution in [2.45, 2.75) is 99.7 Å². The number of unbranched alkanes of at least 4 members (excludes halogenated alkanes) is 4. The molecule has 0 spiro atoms. The molecule has 2 aromatic carbocycles. The van der Waals surface area contributed by atoms with Crippen LogP contribution in [0, 0.1) is 0 Å². The van der Waals surface area contributed by atoms with Gasteiger partial charge in [0.15, 0.2) is 5.71 Å². The molecule has 2 aromatic rings. The molecule has 0 aliphatic carbocycles. The van der Waals surface area contributed by atoms with Gasteiger partial charge in [-0.1, -0.05) is 50.6 Å².